The zero-order chi connectivity index (χ0) is 23.3. The van der Waals surface area contributed by atoms with Gasteiger partial charge in [0.2, 0.25) is 5.88 Å². The molecule has 1 N–H and O–H groups in total. The summed E-state index contributed by atoms with van der Waals surface area (Å²) in [5.74, 6) is 0.675. The first kappa shape index (κ1) is 22.9. The Hall–Kier alpha value is -2.84. The number of hydrogen-bond donors (Lipinski definition) is 1. The zero-order valence-electron chi connectivity index (χ0n) is 19.9. The standard InChI is InChI=1S/C26H34N4O4/c1-19-4-5-21(28-26(31)30-8-2-3-9-30)17-23(19)20-16-24(29-10-14-33-15-11-29)25(27-18-20)34-22-6-12-32-13-7-22/h4-5,16-18,22H,2-3,6-15H2,1H3,(H,28,31). The fourth-order valence-electron chi connectivity index (χ4n) is 4.79. The molecule has 34 heavy (non-hydrogen) atoms. The van der Waals surface area contributed by atoms with E-state index in [-0.39, 0.29) is 12.1 Å². The first-order valence-electron chi connectivity index (χ1n) is 12.4. The highest BCUT2D eigenvalue weighted by molar-refractivity contribution is 5.90. The number of aryl methyl sites for hydroxylation is 1. The molecule has 0 atom stereocenters. The number of nitrogens with one attached hydrogen (secondary N) is 1. The smallest absolute Gasteiger partial charge is 0.321 e. The molecule has 1 aromatic carbocycles. The number of amides is 2. The van der Waals surface area contributed by atoms with Crippen molar-refractivity contribution in [1.29, 1.82) is 0 Å². The molecular formula is C26H34N4O4. The lowest BCUT2D eigenvalue weighted by Gasteiger charge is -2.31. The number of anilines is 2. The molecule has 8 heteroatoms. The molecule has 0 saturated carbocycles. The van der Waals surface area contributed by atoms with E-state index in [1.165, 1.54) is 0 Å². The summed E-state index contributed by atoms with van der Waals surface area (Å²) in [4.78, 5) is 21.5. The van der Waals surface area contributed by atoms with Gasteiger partial charge in [-0.05, 0) is 49.1 Å². The fourth-order valence-corrected chi connectivity index (χ4v) is 4.79. The maximum atomic E-state index is 12.6. The van der Waals surface area contributed by atoms with Gasteiger partial charge in [-0.2, -0.15) is 0 Å². The zero-order valence-corrected chi connectivity index (χ0v) is 19.9. The molecule has 8 nitrogen and oxygen atoms in total. The number of carbonyl (C=O) groups is 1. The van der Waals surface area contributed by atoms with E-state index in [2.05, 4.69) is 29.3 Å². The van der Waals surface area contributed by atoms with E-state index < -0.39 is 0 Å². The number of rotatable bonds is 5. The van der Waals surface area contributed by atoms with Gasteiger partial charge in [-0.15, -0.1) is 0 Å². The molecule has 3 aliphatic rings. The minimum absolute atomic E-state index is 0.0281. The predicted octanol–water partition coefficient (Wildman–Crippen LogP) is 4.08. The number of carbonyl (C=O) groups excluding carboxylic acids is 1. The predicted molar refractivity (Wildman–Crippen MR) is 132 cm³/mol. The van der Waals surface area contributed by atoms with Gasteiger partial charge in [0.15, 0.2) is 0 Å². The van der Waals surface area contributed by atoms with E-state index in [9.17, 15) is 4.79 Å². The summed E-state index contributed by atoms with van der Waals surface area (Å²) in [6, 6.07) is 8.20. The van der Waals surface area contributed by atoms with Crippen LogP contribution in [0.2, 0.25) is 0 Å². The van der Waals surface area contributed by atoms with Crippen LogP contribution in [0.3, 0.4) is 0 Å². The van der Waals surface area contributed by atoms with Crippen molar-refractivity contribution in [2.24, 2.45) is 0 Å². The summed E-state index contributed by atoms with van der Waals surface area (Å²) in [5, 5.41) is 3.07. The van der Waals surface area contributed by atoms with Crippen molar-refractivity contribution in [3.05, 3.63) is 36.0 Å². The molecule has 3 saturated heterocycles. The van der Waals surface area contributed by atoms with Crippen LogP contribution >= 0.6 is 0 Å². The molecule has 2 amide bonds. The third-order valence-electron chi connectivity index (χ3n) is 6.82. The molecule has 4 heterocycles. The normalized spacial score (nSPS) is 19.3. The average molecular weight is 467 g/mol. The second kappa shape index (κ2) is 10.6. The van der Waals surface area contributed by atoms with Crippen LogP contribution in [-0.2, 0) is 9.47 Å². The van der Waals surface area contributed by atoms with Gasteiger partial charge in [0, 0.05) is 56.5 Å². The molecule has 1 aromatic heterocycles. The second-order valence-electron chi connectivity index (χ2n) is 9.23. The van der Waals surface area contributed by atoms with Crippen LogP contribution in [0.4, 0.5) is 16.2 Å². The van der Waals surface area contributed by atoms with Gasteiger partial charge >= 0.3 is 6.03 Å². The monoisotopic (exact) mass is 466 g/mol. The summed E-state index contributed by atoms with van der Waals surface area (Å²) >= 11 is 0. The van der Waals surface area contributed by atoms with Crippen LogP contribution in [0.5, 0.6) is 5.88 Å². The minimum atomic E-state index is -0.0281. The Morgan fingerprint density at radius 1 is 1.03 bits per heavy atom. The Bertz CT molecular complexity index is 996. The van der Waals surface area contributed by atoms with Gasteiger partial charge < -0.3 is 29.3 Å². The first-order chi connectivity index (χ1) is 16.7. The van der Waals surface area contributed by atoms with Gasteiger partial charge in [0.25, 0.3) is 0 Å². The van der Waals surface area contributed by atoms with Crippen molar-refractivity contribution < 1.29 is 19.0 Å². The van der Waals surface area contributed by atoms with Gasteiger partial charge in [-0.25, -0.2) is 9.78 Å². The second-order valence-corrected chi connectivity index (χ2v) is 9.23. The lowest BCUT2D eigenvalue weighted by atomic mass is 10.0. The van der Waals surface area contributed by atoms with E-state index in [1.807, 2.05) is 23.2 Å². The quantitative estimate of drug-likeness (QED) is 0.716. The highest BCUT2D eigenvalue weighted by Crippen LogP contribution is 2.35. The van der Waals surface area contributed by atoms with Gasteiger partial charge in [-0.1, -0.05) is 6.07 Å². The molecule has 0 unspecified atom stereocenters. The molecule has 0 radical (unpaired) electrons. The van der Waals surface area contributed by atoms with E-state index in [1.54, 1.807) is 0 Å². The van der Waals surface area contributed by atoms with Gasteiger partial charge in [0.05, 0.1) is 26.4 Å². The number of urea groups is 1. The van der Waals surface area contributed by atoms with Crippen LogP contribution in [0.1, 0.15) is 31.2 Å². The molecule has 2 aromatic rings. The highest BCUT2D eigenvalue weighted by Gasteiger charge is 2.23. The van der Waals surface area contributed by atoms with E-state index in [0.29, 0.717) is 19.1 Å². The van der Waals surface area contributed by atoms with Crippen molar-refractivity contribution in [2.45, 2.75) is 38.7 Å². The average Bonchev–Trinajstić information content (AvgIpc) is 3.42. The van der Waals surface area contributed by atoms with Gasteiger partial charge in [-0.3, -0.25) is 0 Å². The van der Waals surface area contributed by atoms with Crippen LogP contribution in [0.15, 0.2) is 30.5 Å². The first-order valence-corrected chi connectivity index (χ1v) is 12.4. The lowest BCUT2D eigenvalue weighted by molar-refractivity contribution is 0.0238. The molecular weight excluding hydrogens is 432 g/mol. The van der Waals surface area contributed by atoms with Crippen molar-refractivity contribution in [1.82, 2.24) is 9.88 Å². The number of ether oxygens (including phenoxy) is 3. The maximum Gasteiger partial charge on any atom is 0.321 e. The van der Waals surface area contributed by atoms with Crippen molar-refractivity contribution in [3.8, 4) is 17.0 Å². The number of hydrogen-bond acceptors (Lipinski definition) is 6. The topological polar surface area (TPSA) is 76.2 Å². The van der Waals surface area contributed by atoms with Crippen LogP contribution in [0, 0.1) is 6.92 Å². The number of nitrogens with zero attached hydrogens (tertiary/aromatic N) is 3. The Morgan fingerprint density at radius 3 is 2.53 bits per heavy atom. The van der Waals surface area contributed by atoms with Crippen LogP contribution in [0.25, 0.3) is 11.1 Å². The van der Waals surface area contributed by atoms with Gasteiger partial charge in [0.1, 0.15) is 11.8 Å². The summed E-state index contributed by atoms with van der Waals surface area (Å²) in [5.41, 5.74) is 4.99. The molecule has 0 spiro atoms. The van der Waals surface area contributed by atoms with E-state index in [4.69, 9.17) is 19.2 Å². The molecule has 3 aliphatic heterocycles. The highest BCUT2D eigenvalue weighted by atomic mass is 16.5. The number of morpholine rings is 1. The van der Waals surface area contributed by atoms with Crippen LogP contribution < -0.4 is 15.0 Å². The molecule has 3 fully saturated rings. The Morgan fingerprint density at radius 2 is 1.76 bits per heavy atom. The molecule has 182 valence electrons. The van der Waals surface area contributed by atoms with E-state index in [0.717, 1.165) is 93.1 Å². The summed E-state index contributed by atoms with van der Waals surface area (Å²) in [7, 11) is 0. The largest absolute Gasteiger partial charge is 0.473 e. The number of pyridine rings is 1. The van der Waals surface area contributed by atoms with Crippen molar-refractivity contribution >= 4 is 17.4 Å². The number of benzene rings is 1. The summed E-state index contributed by atoms with van der Waals surface area (Å²) in [6.07, 6.45) is 5.91. The number of likely N-dealkylation sites (tertiary alicyclic amines) is 1. The van der Waals surface area contributed by atoms with Crippen molar-refractivity contribution in [3.63, 3.8) is 0 Å². The van der Waals surface area contributed by atoms with Crippen molar-refractivity contribution in [2.75, 3.05) is 62.8 Å². The molecule has 5 rings (SSSR count). The number of aromatic nitrogens is 1. The third kappa shape index (κ3) is 5.28. The molecule has 0 aliphatic carbocycles. The van der Waals surface area contributed by atoms with E-state index >= 15 is 0 Å². The minimum Gasteiger partial charge on any atom is -0.473 e. The van der Waals surface area contributed by atoms with Crippen LogP contribution in [-0.4, -0.2) is 74.6 Å². The Labute approximate surface area is 201 Å². The summed E-state index contributed by atoms with van der Waals surface area (Å²) in [6.45, 7) is 8.19. The molecule has 0 bridgehead atoms. The Kier molecular flexibility index (Phi) is 7.16. The lowest BCUT2D eigenvalue weighted by Crippen LogP contribution is -2.37. The fraction of sp³-hybridized carbons (Fsp3) is 0.538. The SMILES string of the molecule is Cc1ccc(NC(=O)N2CCCC2)cc1-c1cnc(OC2CCOCC2)c(N2CCOCC2)c1. The Balaban J connectivity index is 1.42. The summed E-state index contributed by atoms with van der Waals surface area (Å²) < 4.78 is 17.4. The maximum absolute atomic E-state index is 12.6. The third-order valence-corrected chi connectivity index (χ3v) is 6.82.